The van der Waals surface area contributed by atoms with Gasteiger partial charge in [-0.15, -0.1) is 0 Å². The first-order valence-corrected chi connectivity index (χ1v) is 13.2. The van der Waals surface area contributed by atoms with Crippen LogP contribution in [0.1, 0.15) is 55.5 Å². The van der Waals surface area contributed by atoms with Crippen molar-refractivity contribution >= 4 is 44.8 Å². The fourth-order valence-corrected chi connectivity index (χ4v) is 5.72. The largest absolute Gasteiger partial charge is 0.465 e. The van der Waals surface area contributed by atoms with Crippen molar-refractivity contribution in [2.24, 2.45) is 5.41 Å². The maximum Gasteiger partial charge on any atom is 0.339 e. The van der Waals surface area contributed by atoms with E-state index in [2.05, 4.69) is 51.7 Å². The molecule has 0 spiro atoms. The minimum Gasteiger partial charge on any atom is -0.465 e. The zero-order chi connectivity index (χ0) is 24.3. The molecule has 0 aromatic heterocycles. The first kappa shape index (κ1) is 25.3. The molecule has 2 aromatic carbocycles. The Morgan fingerprint density at radius 3 is 2.44 bits per heavy atom. The van der Waals surface area contributed by atoms with Crippen LogP contribution in [0.25, 0.3) is 5.57 Å². The minimum atomic E-state index is -0.318. The van der Waals surface area contributed by atoms with Gasteiger partial charge in [-0.25, -0.2) is 4.79 Å². The highest BCUT2D eigenvalue weighted by molar-refractivity contribution is 9.10. The number of hydrogen-bond acceptors (Lipinski definition) is 4. The first-order valence-electron chi connectivity index (χ1n) is 12.1. The molecule has 182 valence electrons. The summed E-state index contributed by atoms with van der Waals surface area (Å²) in [6.07, 6.45) is 4.71. The lowest BCUT2D eigenvalue weighted by atomic mass is 9.72. The van der Waals surface area contributed by atoms with Gasteiger partial charge >= 0.3 is 5.97 Å². The second kappa shape index (κ2) is 10.8. The molecule has 0 unspecified atom stereocenters. The lowest BCUT2D eigenvalue weighted by Gasteiger charge is -2.37. The summed E-state index contributed by atoms with van der Waals surface area (Å²) in [4.78, 5) is 16.8. The maximum absolute atomic E-state index is 11.8. The topological polar surface area (TPSA) is 32.8 Å². The summed E-state index contributed by atoms with van der Waals surface area (Å²) in [7, 11) is 1.41. The van der Waals surface area contributed by atoms with Gasteiger partial charge < -0.3 is 9.64 Å². The number of halogens is 2. The predicted octanol–water partition coefficient (Wildman–Crippen LogP) is 7.07. The molecule has 34 heavy (non-hydrogen) atoms. The van der Waals surface area contributed by atoms with Crippen LogP contribution in [0.15, 0.2) is 52.5 Å². The minimum absolute atomic E-state index is 0.318. The van der Waals surface area contributed by atoms with Crippen molar-refractivity contribution in [1.82, 2.24) is 4.90 Å². The van der Waals surface area contributed by atoms with E-state index in [0.29, 0.717) is 11.0 Å². The van der Waals surface area contributed by atoms with Crippen molar-refractivity contribution in [2.75, 3.05) is 44.7 Å². The maximum atomic E-state index is 11.8. The van der Waals surface area contributed by atoms with Crippen LogP contribution in [-0.4, -0.2) is 50.7 Å². The number of allylic oxidation sites excluding steroid dienone is 1. The van der Waals surface area contributed by atoms with E-state index in [4.69, 9.17) is 16.3 Å². The Morgan fingerprint density at radius 1 is 1.09 bits per heavy atom. The van der Waals surface area contributed by atoms with Gasteiger partial charge in [-0.05, 0) is 88.5 Å². The van der Waals surface area contributed by atoms with Crippen LogP contribution in [0.4, 0.5) is 5.69 Å². The van der Waals surface area contributed by atoms with Gasteiger partial charge in [-0.3, -0.25) is 4.90 Å². The van der Waals surface area contributed by atoms with Crippen molar-refractivity contribution in [3.8, 4) is 0 Å². The number of piperazine rings is 1. The van der Waals surface area contributed by atoms with Gasteiger partial charge in [0.25, 0.3) is 0 Å². The van der Waals surface area contributed by atoms with Gasteiger partial charge in [-0.2, -0.15) is 0 Å². The van der Waals surface area contributed by atoms with E-state index in [9.17, 15) is 4.79 Å². The van der Waals surface area contributed by atoms with Gasteiger partial charge in [0.05, 0.1) is 12.7 Å². The van der Waals surface area contributed by atoms with E-state index < -0.39 is 0 Å². The fourth-order valence-electron chi connectivity index (χ4n) is 5.06. The number of ether oxygens (including phenoxy) is 1. The predicted molar refractivity (Wildman–Crippen MR) is 145 cm³/mol. The van der Waals surface area contributed by atoms with Crippen molar-refractivity contribution < 1.29 is 9.53 Å². The molecule has 1 fully saturated rings. The Morgan fingerprint density at radius 2 is 1.79 bits per heavy atom. The molecule has 4 nitrogen and oxygen atoms in total. The van der Waals surface area contributed by atoms with E-state index in [1.807, 2.05) is 30.3 Å². The van der Waals surface area contributed by atoms with Crippen LogP contribution >= 0.6 is 27.5 Å². The normalized spacial score (nSPS) is 18.8. The number of esters is 1. The van der Waals surface area contributed by atoms with E-state index in [-0.39, 0.29) is 5.97 Å². The highest BCUT2D eigenvalue weighted by atomic mass is 79.9. The monoisotopic (exact) mass is 544 g/mol. The van der Waals surface area contributed by atoms with Crippen LogP contribution in [0.2, 0.25) is 5.02 Å². The second-order valence-electron chi connectivity index (χ2n) is 10.2. The molecule has 0 atom stereocenters. The van der Waals surface area contributed by atoms with Gasteiger partial charge in [-0.1, -0.05) is 43.2 Å². The summed E-state index contributed by atoms with van der Waals surface area (Å²) in [5.41, 5.74) is 6.53. The second-order valence-corrected chi connectivity index (χ2v) is 11.5. The number of carbonyl (C=O) groups is 1. The molecule has 6 heteroatoms. The third-order valence-electron chi connectivity index (χ3n) is 7.20. The van der Waals surface area contributed by atoms with E-state index >= 15 is 0 Å². The summed E-state index contributed by atoms with van der Waals surface area (Å²) in [5, 5.41) is 0.797. The van der Waals surface area contributed by atoms with Crippen LogP contribution in [0, 0.1) is 5.41 Å². The summed E-state index contributed by atoms with van der Waals surface area (Å²) in [6.45, 7) is 9.94. The summed E-state index contributed by atoms with van der Waals surface area (Å²) < 4.78 is 5.63. The van der Waals surface area contributed by atoms with Crippen LogP contribution in [0.5, 0.6) is 0 Å². The number of anilines is 1. The summed E-state index contributed by atoms with van der Waals surface area (Å²) in [6, 6.07) is 14.3. The molecule has 2 aromatic rings. The third-order valence-corrected chi connectivity index (χ3v) is 8.11. The number of carbonyl (C=O) groups excluding carboxylic acids is 1. The van der Waals surface area contributed by atoms with Gasteiger partial charge in [0.1, 0.15) is 0 Å². The Bertz CT molecular complexity index is 1060. The van der Waals surface area contributed by atoms with Crippen molar-refractivity contribution in [1.29, 1.82) is 0 Å². The molecule has 1 aliphatic carbocycles. The first-order chi connectivity index (χ1) is 16.3. The Balaban J connectivity index is 1.38. The van der Waals surface area contributed by atoms with Crippen molar-refractivity contribution in [3.05, 3.63) is 68.7 Å². The third kappa shape index (κ3) is 6.05. The molecule has 0 bridgehead atoms. The highest BCUT2D eigenvalue weighted by Gasteiger charge is 2.28. The average Bonchev–Trinajstić information content (AvgIpc) is 2.83. The quantitative estimate of drug-likeness (QED) is 0.364. The molecule has 1 saturated heterocycles. The number of benzene rings is 2. The Kier molecular flexibility index (Phi) is 8.06. The summed E-state index contributed by atoms with van der Waals surface area (Å²) in [5.74, 6) is -0.318. The smallest absolute Gasteiger partial charge is 0.339 e. The molecule has 0 amide bonds. The lowest BCUT2D eigenvalue weighted by molar-refractivity contribution is 0.0599. The van der Waals surface area contributed by atoms with E-state index in [1.54, 1.807) is 5.57 Å². The molecular weight excluding hydrogens is 512 g/mol. The molecule has 0 radical (unpaired) electrons. The number of rotatable bonds is 6. The number of nitrogens with zero attached hydrogens (tertiary/aromatic N) is 2. The molecule has 2 aliphatic rings. The molecular formula is C28H34BrClN2O2. The highest BCUT2D eigenvalue weighted by Crippen LogP contribution is 2.44. The van der Waals surface area contributed by atoms with Crippen LogP contribution in [0.3, 0.4) is 0 Å². The molecule has 4 rings (SSSR count). The zero-order valence-corrected chi connectivity index (χ0v) is 22.7. The molecule has 1 aliphatic heterocycles. The van der Waals surface area contributed by atoms with E-state index in [0.717, 1.165) is 60.7 Å². The standard InChI is InChI=1S/C28H34BrClN2O2/c1-28(2)12-10-21(25(19-28)20-4-6-22(30)7-5-20)11-13-31-14-16-32(17-15-31)23-8-9-24(26(29)18-23)27(33)34-3/h4-9,18H,10-17,19H2,1-3H3. The van der Waals surface area contributed by atoms with Gasteiger partial charge in [0, 0.05) is 47.9 Å². The number of hydrogen-bond donors (Lipinski definition) is 0. The SMILES string of the molecule is COC(=O)c1ccc(N2CCN(CCC3=C(c4ccc(Cl)cc4)CC(C)(C)CC3)CC2)cc1Br. The van der Waals surface area contributed by atoms with Crippen LogP contribution < -0.4 is 4.90 Å². The van der Waals surface area contributed by atoms with Gasteiger partial charge in [0.2, 0.25) is 0 Å². The zero-order valence-electron chi connectivity index (χ0n) is 20.4. The van der Waals surface area contributed by atoms with E-state index in [1.165, 1.54) is 31.1 Å². The number of methoxy groups -OCH3 is 1. The molecule has 0 N–H and O–H groups in total. The fraction of sp³-hybridized carbons (Fsp3) is 0.464. The lowest BCUT2D eigenvalue weighted by Crippen LogP contribution is -2.46. The molecule has 1 heterocycles. The Labute approximate surface area is 217 Å². The van der Waals surface area contributed by atoms with Crippen molar-refractivity contribution in [3.63, 3.8) is 0 Å². The molecule has 0 saturated carbocycles. The Hall–Kier alpha value is -1.82. The van der Waals surface area contributed by atoms with Gasteiger partial charge in [0.15, 0.2) is 0 Å². The summed E-state index contributed by atoms with van der Waals surface area (Å²) >= 11 is 9.67. The average molecular weight is 546 g/mol. The van der Waals surface area contributed by atoms with Crippen molar-refractivity contribution in [2.45, 2.75) is 39.5 Å². The van der Waals surface area contributed by atoms with Crippen LogP contribution in [-0.2, 0) is 4.74 Å².